The maximum Gasteiger partial charge on any atom is 0.419 e. The molecule has 156 valence electrons. The van der Waals surface area contributed by atoms with Gasteiger partial charge in [0.2, 0.25) is 0 Å². The molecule has 0 spiro atoms. The molecule has 1 aliphatic rings. The van der Waals surface area contributed by atoms with Crippen molar-refractivity contribution in [1.29, 1.82) is 0 Å². The third-order valence-electron chi connectivity index (χ3n) is 5.15. The fourth-order valence-corrected chi connectivity index (χ4v) is 3.50. The first-order chi connectivity index (χ1) is 14.9. The van der Waals surface area contributed by atoms with E-state index < -0.39 is 17.6 Å². The first-order valence-corrected chi connectivity index (χ1v) is 9.61. The summed E-state index contributed by atoms with van der Waals surface area (Å²) in [6.07, 6.45) is 0.149. The van der Waals surface area contributed by atoms with Gasteiger partial charge in [-0.2, -0.15) is 13.2 Å². The van der Waals surface area contributed by atoms with Crippen molar-refractivity contribution in [2.75, 3.05) is 5.32 Å². The Balaban J connectivity index is 1.59. The molecule has 5 rings (SSSR count). The highest BCUT2D eigenvalue weighted by atomic mass is 19.4. The predicted molar refractivity (Wildman–Crippen MR) is 107 cm³/mol. The van der Waals surface area contributed by atoms with Crippen LogP contribution < -0.4 is 5.32 Å². The Bertz CT molecular complexity index is 1280. The third-order valence-corrected chi connectivity index (χ3v) is 5.15. The number of nitrogens with zero attached hydrogens (tertiary/aromatic N) is 4. The van der Waals surface area contributed by atoms with E-state index in [0.717, 1.165) is 30.0 Å². The molecule has 0 saturated heterocycles. The highest BCUT2D eigenvalue weighted by molar-refractivity contribution is 5.87. The zero-order valence-corrected chi connectivity index (χ0v) is 16.0. The molecule has 1 saturated carbocycles. The molecular weight excluding hydrogens is 410 g/mol. The van der Waals surface area contributed by atoms with E-state index in [4.69, 9.17) is 0 Å². The van der Waals surface area contributed by atoms with Crippen LogP contribution in [0, 0.1) is 5.82 Å². The lowest BCUT2D eigenvalue weighted by molar-refractivity contribution is -0.139. The van der Waals surface area contributed by atoms with E-state index in [1.54, 1.807) is 0 Å². The number of hydrogen-bond acceptors (Lipinski definition) is 5. The molecule has 4 aromatic rings. The molecule has 2 aromatic carbocycles. The second-order valence-corrected chi connectivity index (χ2v) is 7.30. The van der Waals surface area contributed by atoms with Crippen molar-refractivity contribution in [3.8, 4) is 11.4 Å². The summed E-state index contributed by atoms with van der Waals surface area (Å²) in [6, 6.07) is 10.9. The van der Waals surface area contributed by atoms with Gasteiger partial charge in [0, 0.05) is 5.56 Å². The topological polar surface area (TPSA) is 63.6 Å². The number of alkyl halides is 3. The Labute approximate surface area is 174 Å². The smallest absolute Gasteiger partial charge is 0.336 e. The van der Waals surface area contributed by atoms with Gasteiger partial charge in [-0.1, -0.05) is 30.3 Å². The number of anilines is 2. The number of benzene rings is 2. The molecule has 1 fully saturated rings. The predicted octanol–water partition coefficient (Wildman–Crippen LogP) is 5.87. The van der Waals surface area contributed by atoms with Crippen molar-refractivity contribution in [3.63, 3.8) is 0 Å². The van der Waals surface area contributed by atoms with E-state index >= 15 is 0 Å². The van der Waals surface area contributed by atoms with Crippen molar-refractivity contribution in [2.45, 2.75) is 24.9 Å². The zero-order chi connectivity index (χ0) is 21.6. The van der Waals surface area contributed by atoms with Gasteiger partial charge in [-0.3, -0.25) is 0 Å². The van der Waals surface area contributed by atoms with Crippen LogP contribution in [0.4, 0.5) is 29.1 Å². The van der Waals surface area contributed by atoms with Crippen LogP contribution in [0.5, 0.6) is 0 Å². The van der Waals surface area contributed by atoms with Crippen LogP contribution >= 0.6 is 0 Å². The third kappa shape index (κ3) is 3.67. The normalized spacial score (nSPS) is 14.1. The number of halogens is 4. The van der Waals surface area contributed by atoms with Gasteiger partial charge in [-0.15, -0.1) is 0 Å². The number of fused-ring (bicyclic) bond motifs is 1. The monoisotopic (exact) mass is 425 g/mol. The fraction of sp³-hybridized carbons (Fsp3) is 0.182. The van der Waals surface area contributed by atoms with E-state index in [1.165, 1.54) is 18.6 Å². The second kappa shape index (κ2) is 7.26. The summed E-state index contributed by atoms with van der Waals surface area (Å²) in [6.45, 7) is 0. The number of rotatable bonds is 4. The number of hydrogen-bond donors (Lipinski definition) is 1. The molecular formula is C22H15F4N5. The van der Waals surface area contributed by atoms with Crippen LogP contribution in [0.2, 0.25) is 0 Å². The Morgan fingerprint density at radius 2 is 1.74 bits per heavy atom. The van der Waals surface area contributed by atoms with Gasteiger partial charge in [0.05, 0.1) is 17.4 Å². The summed E-state index contributed by atoms with van der Waals surface area (Å²) in [4.78, 5) is 17.2. The first-order valence-electron chi connectivity index (χ1n) is 9.61. The van der Waals surface area contributed by atoms with Gasteiger partial charge in [0.15, 0.2) is 17.5 Å². The van der Waals surface area contributed by atoms with E-state index in [9.17, 15) is 17.6 Å². The average molecular weight is 425 g/mol. The SMILES string of the molecule is Fc1c(Nc2ncnc3cnc(-c4ccccc4C4CC4)nc23)cccc1C(F)(F)F. The van der Waals surface area contributed by atoms with Gasteiger partial charge in [-0.05, 0) is 36.5 Å². The summed E-state index contributed by atoms with van der Waals surface area (Å²) >= 11 is 0. The van der Waals surface area contributed by atoms with Crippen molar-refractivity contribution in [2.24, 2.45) is 0 Å². The molecule has 2 aromatic heterocycles. The van der Waals surface area contributed by atoms with Gasteiger partial charge in [0.1, 0.15) is 17.4 Å². The Morgan fingerprint density at radius 3 is 2.52 bits per heavy atom. The zero-order valence-electron chi connectivity index (χ0n) is 16.0. The molecule has 1 N–H and O–H groups in total. The fourth-order valence-electron chi connectivity index (χ4n) is 3.50. The van der Waals surface area contributed by atoms with E-state index in [2.05, 4.69) is 25.3 Å². The average Bonchev–Trinajstić information content (AvgIpc) is 3.60. The van der Waals surface area contributed by atoms with Crippen LogP contribution in [0.1, 0.15) is 29.9 Å². The molecule has 9 heteroatoms. The van der Waals surface area contributed by atoms with Gasteiger partial charge >= 0.3 is 6.18 Å². The highest BCUT2D eigenvalue weighted by Gasteiger charge is 2.35. The summed E-state index contributed by atoms with van der Waals surface area (Å²) in [5.41, 5.74) is 0.995. The summed E-state index contributed by atoms with van der Waals surface area (Å²) in [5, 5.41) is 2.64. The first kappa shape index (κ1) is 19.3. The van der Waals surface area contributed by atoms with Crippen molar-refractivity contribution >= 4 is 22.5 Å². The Morgan fingerprint density at radius 1 is 0.935 bits per heavy atom. The minimum absolute atomic E-state index is 0.0933. The number of nitrogens with one attached hydrogen (secondary N) is 1. The minimum atomic E-state index is -4.81. The quantitative estimate of drug-likeness (QED) is 0.415. The standard InChI is InChI=1S/C22H15F4N5/c23-18-15(22(24,25)26)6-3-7-16(18)30-21-19-17(28-11-29-21)10-27-20(31-19)14-5-2-1-4-13(14)12-8-9-12/h1-7,10-12H,8-9H2,(H,28,29,30). The van der Waals surface area contributed by atoms with E-state index in [-0.39, 0.29) is 17.0 Å². The summed E-state index contributed by atoms with van der Waals surface area (Å²) in [7, 11) is 0. The highest BCUT2D eigenvalue weighted by Crippen LogP contribution is 2.44. The van der Waals surface area contributed by atoms with Crippen LogP contribution in [0.25, 0.3) is 22.4 Å². The molecule has 0 amide bonds. The van der Waals surface area contributed by atoms with Crippen LogP contribution in [-0.2, 0) is 6.18 Å². The lowest BCUT2D eigenvalue weighted by Crippen LogP contribution is -2.10. The molecule has 5 nitrogen and oxygen atoms in total. The van der Waals surface area contributed by atoms with E-state index in [1.807, 2.05) is 24.3 Å². The lowest BCUT2D eigenvalue weighted by Gasteiger charge is -2.13. The molecule has 0 radical (unpaired) electrons. The molecule has 1 aliphatic carbocycles. The summed E-state index contributed by atoms with van der Waals surface area (Å²) < 4.78 is 53.7. The van der Waals surface area contributed by atoms with Crippen molar-refractivity contribution in [1.82, 2.24) is 19.9 Å². The summed E-state index contributed by atoms with van der Waals surface area (Å²) in [5.74, 6) is -0.386. The molecule has 0 atom stereocenters. The molecule has 2 heterocycles. The maximum atomic E-state index is 14.5. The minimum Gasteiger partial charge on any atom is -0.336 e. The van der Waals surface area contributed by atoms with Crippen molar-refractivity contribution in [3.05, 3.63) is 71.9 Å². The van der Waals surface area contributed by atoms with E-state index in [0.29, 0.717) is 23.3 Å². The second-order valence-electron chi connectivity index (χ2n) is 7.30. The van der Waals surface area contributed by atoms with Crippen LogP contribution in [0.3, 0.4) is 0 Å². The Hall–Kier alpha value is -3.62. The molecule has 0 unspecified atom stereocenters. The van der Waals surface area contributed by atoms with Crippen molar-refractivity contribution < 1.29 is 17.6 Å². The molecule has 0 bridgehead atoms. The molecule has 31 heavy (non-hydrogen) atoms. The van der Waals surface area contributed by atoms with Gasteiger partial charge < -0.3 is 5.32 Å². The van der Waals surface area contributed by atoms with Crippen LogP contribution in [-0.4, -0.2) is 19.9 Å². The van der Waals surface area contributed by atoms with Gasteiger partial charge in [0.25, 0.3) is 0 Å². The Kier molecular flexibility index (Phi) is 4.53. The largest absolute Gasteiger partial charge is 0.419 e. The number of aromatic nitrogens is 4. The van der Waals surface area contributed by atoms with Crippen LogP contribution in [0.15, 0.2) is 55.0 Å². The maximum absolute atomic E-state index is 14.5. The lowest BCUT2D eigenvalue weighted by atomic mass is 10.0. The van der Waals surface area contributed by atoms with Gasteiger partial charge in [-0.25, -0.2) is 24.3 Å². The molecule has 0 aliphatic heterocycles.